The molecule has 0 spiro atoms. The second-order valence-electron chi connectivity index (χ2n) is 4.64. The molecular formula is C11H23NO3. The number of hydrogen-bond acceptors (Lipinski definition) is 3. The zero-order chi connectivity index (χ0) is 12.1. The zero-order valence-electron chi connectivity index (χ0n) is 10.4. The molecule has 0 saturated carbocycles. The summed E-state index contributed by atoms with van der Waals surface area (Å²) in [6.07, 6.45) is 1.08. The van der Waals surface area contributed by atoms with Crippen molar-refractivity contribution < 1.29 is 14.6 Å². The first-order valence-electron chi connectivity index (χ1n) is 5.25. The fourth-order valence-corrected chi connectivity index (χ4v) is 1.44. The number of hydrogen-bond donors (Lipinski definition) is 1. The number of carbonyl (C=O) groups is 1. The molecule has 0 aliphatic carbocycles. The van der Waals surface area contributed by atoms with E-state index in [-0.39, 0.29) is 12.0 Å². The molecule has 0 saturated heterocycles. The lowest BCUT2D eigenvalue weighted by Crippen LogP contribution is -2.38. The molecule has 90 valence electrons. The largest absolute Gasteiger partial charge is 0.481 e. The van der Waals surface area contributed by atoms with E-state index in [9.17, 15) is 4.79 Å². The van der Waals surface area contributed by atoms with Crippen LogP contribution >= 0.6 is 0 Å². The van der Waals surface area contributed by atoms with Crippen LogP contribution in [0.25, 0.3) is 0 Å². The molecule has 0 amide bonds. The summed E-state index contributed by atoms with van der Waals surface area (Å²) < 4.78 is 5.34. The van der Waals surface area contributed by atoms with Crippen LogP contribution in [0.15, 0.2) is 0 Å². The number of nitrogens with zero attached hydrogens (tertiary/aromatic N) is 1. The second-order valence-corrected chi connectivity index (χ2v) is 4.64. The Balaban J connectivity index is 3.98. The molecule has 1 atom stereocenters. The van der Waals surface area contributed by atoms with Crippen molar-refractivity contribution in [1.29, 1.82) is 0 Å². The molecule has 0 aromatic carbocycles. The number of aliphatic carboxylic acids is 1. The minimum atomic E-state index is -0.750. The molecule has 0 aromatic rings. The zero-order valence-corrected chi connectivity index (χ0v) is 10.4. The Hall–Kier alpha value is -0.610. The van der Waals surface area contributed by atoms with Crippen LogP contribution in [0.1, 0.15) is 33.6 Å². The van der Waals surface area contributed by atoms with Crippen molar-refractivity contribution >= 4 is 5.97 Å². The lowest BCUT2D eigenvalue weighted by atomic mass is 9.99. The van der Waals surface area contributed by atoms with Gasteiger partial charge in [0.25, 0.3) is 0 Å². The Kier molecular flexibility index (Phi) is 5.83. The van der Waals surface area contributed by atoms with Crippen molar-refractivity contribution in [3.05, 3.63) is 0 Å². The SMILES string of the molecule is COC(C)(C)CC(C)N(C)CCC(=O)O. The fraction of sp³-hybridized carbons (Fsp3) is 0.909. The van der Waals surface area contributed by atoms with Crippen molar-refractivity contribution in [2.75, 3.05) is 20.7 Å². The van der Waals surface area contributed by atoms with Crippen LogP contribution in [0.3, 0.4) is 0 Å². The van der Waals surface area contributed by atoms with Crippen molar-refractivity contribution in [3.63, 3.8) is 0 Å². The summed E-state index contributed by atoms with van der Waals surface area (Å²) in [6, 6.07) is 0.319. The third kappa shape index (κ3) is 6.47. The van der Waals surface area contributed by atoms with Crippen LogP contribution < -0.4 is 0 Å². The van der Waals surface area contributed by atoms with Gasteiger partial charge in [0, 0.05) is 19.7 Å². The van der Waals surface area contributed by atoms with Crippen LogP contribution in [0, 0.1) is 0 Å². The van der Waals surface area contributed by atoms with Crippen molar-refractivity contribution in [2.45, 2.75) is 45.3 Å². The Morgan fingerprint density at radius 3 is 2.47 bits per heavy atom. The maximum Gasteiger partial charge on any atom is 0.304 e. The van der Waals surface area contributed by atoms with Crippen molar-refractivity contribution in [1.82, 2.24) is 4.90 Å². The molecule has 0 aliphatic heterocycles. The van der Waals surface area contributed by atoms with Gasteiger partial charge < -0.3 is 14.7 Å². The number of ether oxygens (including phenoxy) is 1. The molecular weight excluding hydrogens is 194 g/mol. The molecule has 0 rings (SSSR count). The third-order valence-electron chi connectivity index (χ3n) is 2.77. The minimum Gasteiger partial charge on any atom is -0.481 e. The van der Waals surface area contributed by atoms with E-state index in [0.717, 1.165) is 6.42 Å². The number of rotatable bonds is 7. The van der Waals surface area contributed by atoms with E-state index >= 15 is 0 Å². The van der Waals surface area contributed by atoms with Gasteiger partial charge in [-0.15, -0.1) is 0 Å². The summed E-state index contributed by atoms with van der Waals surface area (Å²) in [5.41, 5.74) is -0.156. The molecule has 1 unspecified atom stereocenters. The van der Waals surface area contributed by atoms with Crippen LogP contribution in [-0.4, -0.2) is 48.3 Å². The van der Waals surface area contributed by atoms with Gasteiger partial charge in [-0.2, -0.15) is 0 Å². The summed E-state index contributed by atoms with van der Waals surface area (Å²) in [7, 11) is 3.64. The average molecular weight is 217 g/mol. The first-order valence-corrected chi connectivity index (χ1v) is 5.25. The predicted octanol–water partition coefficient (Wildman–Crippen LogP) is 1.60. The van der Waals surface area contributed by atoms with Gasteiger partial charge in [-0.05, 0) is 34.2 Å². The molecule has 0 aromatic heterocycles. The summed E-state index contributed by atoms with van der Waals surface area (Å²) >= 11 is 0. The normalized spacial score (nSPS) is 14.3. The predicted molar refractivity (Wildman–Crippen MR) is 60.0 cm³/mol. The topological polar surface area (TPSA) is 49.8 Å². The van der Waals surface area contributed by atoms with Gasteiger partial charge >= 0.3 is 5.97 Å². The molecule has 1 N–H and O–H groups in total. The summed E-state index contributed by atoms with van der Waals surface area (Å²) in [5.74, 6) is -0.750. The molecule has 0 aliphatic rings. The summed E-state index contributed by atoms with van der Waals surface area (Å²) in [6.45, 7) is 6.74. The van der Waals surface area contributed by atoms with Crippen molar-refractivity contribution in [3.8, 4) is 0 Å². The van der Waals surface area contributed by atoms with Gasteiger partial charge in [-0.3, -0.25) is 4.79 Å². The number of carboxylic acid groups (broad SMARTS) is 1. The molecule has 0 bridgehead atoms. The number of carboxylic acids is 1. The van der Waals surface area contributed by atoms with E-state index in [0.29, 0.717) is 12.6 Å². The minimum absolute atomic E-state index is 0.156. The molecule has 15 heavy (non-hydrogen) atoms. The van der Waals surface area contributed by atoms with E-state index in [1.165, 1.54) is 0 Å². The van der Waals surface area contributed by atoms with Crippen molar-refractivity contribution in [2.24, 2.45) is 0 Å². The monoisotopic (exact) mass is 217 g/mol. The highest BCUT2D eigenvalue weighted by atomic mass is 16.5. The smallest absolute Gasteiger partial charge is 0.304 e. The third-order valence-corrected chi connectivity index (χ3v) is 2.77. The molecule has 0 fully saturated rings. The lowest BCUT2D eigenvalue weighted by molar-refractivity contribution is -0.137. The summed E-state index contributed by atoms with van der Waals surface area (Å²) in [4.78, 5) is 12.5. The van der Waals surface area contributed by atoms with Gasteiger partial charge in [0.1, 0.15) is 0 Å². The van der Waals surface area contributed by atoms with Gasteiger partial charge in [0.05, 0.1) is 12.0 Å². The van der Waals surface area contributed by atoms with E-state index < -0.39 is 5.97 Å². The fourth-order valence-electron chi connectivity index (χ4n) is 1.44. The summed E-state index contributed by atoms with van der Waals surface area (Å²) in [5, 5.41) is 8.57. The van der Waals surface area contributed by atoms with Crippen LogP contribution in [0.5, 0.6) is 0 Å². The lowest BCUT2D eigenvalue weighted by Gasteiger charge is -2.31. The van der Waals surface area contributed by atoms with Crippen LogP contribution in [0.2, 0.25) is 0 Å². The standard InChI is InChI=1S/C11H23NO3/c1-9(8-11(2,3)15-5)12(4)7-6-10(13)14/h9H,6-8H2,1-5H3,(H,13,14). The van der Waals surface area contributed by atoms with Gasteiger partial charge in [-0.1, -0.05) is 0 Å². The van der Waals surface area contributed by atoms with E-state index in [1.54, 1.807) is 7.11 Å². The average Bonchev–Trinajstić information content (AvgIpc) is 2.13. The number of methoxy groups -OCH3 is 1. The Morgan fingerprint density at radius 2 is 2.07 bits per heavy atom. The van der Waals surface area contributed by atoms with E-state index in [4.69, 9.17) is 9.84 Å². The van der Waals surface area contributed by atoms with Gasteiger partial charge in [-0.25, -0.2) is 0 Å². The highest BCUT2D eigenvalue weighted by molar-refractivity contribution is 5.66. The van der Waals surface area contributed by atoms with Crippen LogP contribution in [0.4, 0.5) is 0 Å². The molecule has 0 heterocycles. The quantitative estimate of drug-likeness (QED) is 0.703. The second kappa shape index (κ2) is 6.08. The maximum atomic E-state index is 10.4. The van der Waals surface area contributed by atoms with Gasteiger partial charge in [0.2, 0.25) is 0 Å². The molecule has 4 nitrogen and oxygen atoms in total. The van der Waals surface area contributed by atoms with Crippen LogP contribution in [-0.2, 0) is 9.53 Å². The molecule has 4 heteroatoms. The highest BCUT2D eigenvalue weighted by Gasteiger charge is 2.22. The Labute approximate surface area is 92.2 Å². The van der Waals surface area contributed by atoms with Gasteiger partial charge in [0.15, 0.2) is 0 Å². The first-order chi connectivity index (χ1) is 6.78. The Morgan fingerprint density at radius 1 is 1.53 bits per heavy atom. The maximum absolute atomic E-state index is 10.4. The highest BCUT2D eigenvalue weighted by Crippen LogP contribution is 2.18. The Bertz CT molecular complexity index is 204. The first kappa shape index (κ1) is 14.4. The van der Waals surface area contributed by atoms with E-state index in [1.807, 2.05) is 20.9 Å². The molecule has 0 radical (unpaired) electrons. The van der Waals surface area contributed by atoms with E-state index in [2.05, 4.69) is 11.8 Å².